The van der Waals surface area contributed by atoms with E-state index in [4.69, 9.17) is 0 Å². The smallest absolute Gasteiger partial charge is 0.0231 e. The van der Waals surface area contributed by atoms with Crippen LogP contribution in [0.1, 0.15) is 18.4 Å². The molecule has 25 heavy (non-hydrogen) atoms. The first-order valence-electron chi connectivity index (χ1n) is 9.67. The highest BCUT2D eigenvalue weighted by atomic mass is 35.5. The van der Waals surface area contributed by atoms with Gasteiger partial charge in [-0.05, 0) is 44.5 Å². The Morgan fingerprint density at radius 1 is 1.00 bits per heavy atom. The summed E-state index contributed by atoms with van der Waals surface area (Å²) in [7, 11) is 2.24. The Hall–Kier alpha value is -0.650. The van der Waals surface area contributed by atoms with E-state index in [0.717, 1.165) is 19.0 Å². The van der Waals surface area contributed by atoms with Crippen LogP contribution in [0.5, 0.6) is 0 Å². The highest BCUT2D eigenvalue weighted by Crippen LogP contribution is 2.14. The lowest BCUT2D eigenvalue weighted by Crippen LogP contribution is -2.49. The molecule has 0 radical (unpaired) electrons. The third kappa shape index (κ3) is 7.24. The standard InChI is InChI=1S/C20H34N4.ClH/c1-22(17-19-5-3-2-4-6-19)11-12-23-13-15-24(16-14-23)18-20-7-9-21-10-8-20;/h2-6,20-21H,7-18H2,1H3;1H. The molecule has 0 amide bonds. The first-order chi connectivity index (χ1) is 11.8. The van der Waals surface area contributed by atoms with Gasteiger partial charge >= 0.3 is 0 Å². The van der Waals surface area contributed by atoms with Crippen LogP contribution < -0.4 is 5.32 Å². The predicted octanol–water partition coefficient (Wildman–Crippen LogP) is 2.16. The molecule has 3 rings (SSSR count). The number of benzene rings is 1. The third-order valence-corrected chi connectivity index (χ3v) is 5.53. The lowest BCUT2D eigenvalue weighted by atomic mass is 9.97. The maximum absolute atomic E-state index is 3.47. The molecule has 2 saturated heterocycles. The lowest BCUT2D eigenvalue weighted by Gasteiger charge is -2.37. The van der Waals surface area contributed by atoms with E-state index in [1.54, 1.807) is 0 Å². The molecule has 2 fully saturated rings. The van der Waals surface area contributed by atoms with Gasteiger partial charge in [-0.25, -0.2) is 0 Å². The Bertz CT molecular complexity index is 456. The molecule has 2 heterocycles. The number of likely N-dealkylation sites (N-methyl/N-ethyl adjacent to an activating group) is 1. The minimum absolute atomic E-state index is 0. The zero-order valence-corrected chi connectivity index (χ0v) is 16.5. The van der Waals surface area contributed by atoms with Crippen molar-refractivity contribution in [2.45, 2.75) is 19.4 Å². The van der Waals surface area contributed by atoms with Gasteiger partial charge in [0.05, 0.1) is 0 Å². The summed E-state index contributed by atoms with van der Waals surface area (Å²) in [5.74, 6) is 0.926. The van der Waals surface area contributed by atoms with Crippen LogP contribution in [-0.2, 0) is 6.54 Å². The van der Waals surface area contributed by atoms with E-state index in [-0.39, 0.29) is 12.4 Å². The molecule has 1 aromatic carbocycles. The number of nitrogens with zero attached hydrogens (tertiary/aromatic N) is 3. The highest BCUT2D eigenvalue weighted by Gasteiger charge is 2.21. The van der Waals surface area contributed by atoms with Crippen LogP contribution in [0.3, 0.4) is 0 Å². The fourth-order valence-corrected chi connectivity index (χ4v) is 3.91. The van der Waals surface area contributed by atoms with Crippen molar-refractivity contribution >= 4 is 12.4 Å². The molecular formula is C20H35ClN4. The molecule has 0 aliphatic carbocycles. The monoisotopic (exact) mass is 366 g/mol. The van der Waals surface area contributed by atoms with E-state index in [0.29, 0.717) is 0 Å². The second-order valence-corrected chi connectivity index (χ2v) is 7.56. The SMILES string of the molecule is CN(CCN1CCN(CC2CCNCC2)CC1)Cc1ccccc1.Cl. The third-order valence-electron chi connectivity index (χ3n) is 5.53. The summed E-state index contributed by atoms with van der Waals surface area (Å²) in [6.45, 7) is 12.2. The normalized spacial score (nSPS) is 20.6. The Morgan fingerprint density at radius 2 is 1.64 bits per heavy atom. The van der Waals surface area contributed by atoms with Crippen LogP contribution >= 0.6 is 12.4 Å². The van der Waals surface area contributed by atoms with Crippen molar-refractivity contribution in [1.82, 2.24) is 20.0 Å². The van der Waals surface area contributed by atoms with E-state index >= 15 is 0 Å². The van der Waals surface area contributed by atoms with Crippen LogP contribution in [-0.4, -0.2) is 80.7 Å². The molecule has 0 atom stereocenters. The van der Waals surface area contributed by atoms with Crippen LogP contribution in [0.25, 0.3) is 0 Å². The van der Waals surface area contributed by atoms with Crippen molar-refractivity contribution < 1.29 is 0 Å². The maximum atomic E-state index is 3.47. The molecule has 0 aromatic heterocycles. The first-order valence-corrected chi connectivity index (χ1v) is 9.67. The van der Waals surface area contributed by atoms with Crippen LogP contribution in [0.15, 0.2) is 30.3 Å². The maximum Gasteiger partial charge on any atom is 0.0231 e. The van der Waals surface area contributed by atoms with E-state index in [2.05, 4.69) is 57.4 Å². The largest absolute Gasteiger partial charge is 0.317 e. The molecule has 2 aliphatic heterocycles. The summed E-state index contributed by atoms with van der Waals surface area (Å²) in [6.07, 6.45) is 2.73. The van der Waals surface area contributed by atoms with Crippen molar-refractivity contribution in [2.75, 3.05) is 66.0 Å². The highest BCUT2D eigenvalue weighted by molar-refractivity contribution is 5.85. The van der Waals surface area contributed by atoms with Crippen molar-refractivity contribution in [3.8, 4) is 0 Å². The second kappa shape index (κ2) is 11.1. The Balaban J connectivity index is 0.00000225. The molecule has 1 N–H and O–H groups in total. The van der Waals surface area contributed by atoms with E-state index in [1.807, 2.05) is 0 Å². The van der Waals surface area contributed by atoms with E-state index < -0.39 is 0 Å². The summed E-state index contributed by atoms with van der Waals surface area (Å²) < 4.78 is 0. The van der Waals surface area contributed by atoms with Gasteiger partial charge < -0.3 is 15.1 Å². The molecule has 0 bridgehead atoms. The van der Waals surface area contributed by atoms with Crippen molar-refractivity contribution in [2.24, 2.45) is 5.92 Å². The zero-order valence-electron chi connectivity index (χ0n) is 15.7. The minimum atomic E-state index is 0. The fraction of sp³-hybridized carbons (Fsp3) is 0.700. The molecule has 142 valence electrons. The average molecular weight is 367 g/mol. The number of rotatable bonds is 7. The van der Waals surface area contributed by atoms with Crippen LogP contribution in [0.2, 0.25) is 0 Å². The summed E-state index contributed by atoms with van der Waals surface area (Å²) in [4.78, 5) is 7.78. The molecule has 0 saturated carbocycles. The number of piperazine rings is 1. The number of piperidine rings is 1. The van der Waals surface area contributed by atoms with Gasteiger partial charge in [0.2, 0.25) is 0 Å². The number of nitrogens with one attached hydrogen (secondary N) is 1. The molecule has 4 nitrogen and oxygen atoms in total. The van der Waals surface area contributed by atoms with Gasteiger partial charge in [0.25, 0.3) is 0 Å². The molecule has 0 spiro atoms. The summed E-state index contributed by atoms with van der Waals surface area (Å²) in [5, 5.41) is 3.47. The van der Waals surface area contributed by atoms with Gasteiger partial charge in [0, 0.05) is 52.4 Å². The quantitative estimate of drug-likeness (QED) is 0.798. The van der Waals surface area contributed by atoms with Crippen LogP contribution in [0, 0.1) is 5.92 Å². The molecular weight excluding hydrogens is 332 g/mol. The Kier molecular flexibility index (Phi) is 9.21. The van der Waals surface area contributed by atoms with Crippen molar-refractivity contribution in [3.63, 3.8) is 0 Å². The second-order valence-electron chi connectivity index (χ2n) is 7.56. The van der Waals surface area contributed by atoms with Gasteiger partial charge in [-0.2, -0.15) is 0 Å². The molecule has 5 heteroatoms. The number of hydrogen-bond donors (Lipinski definition) is 1. The van der Waals surface area contributed by atoms with Crippen molar-refractivity contribution in [3.05, 3.63) is 35.9 Å². The first kappa shape index (κ1) is 20.7. The van der Waals surface area contributed by atoms with Gasteiger partial charge in [-0.15, -0.1) is 12.4 Å². The summed E-state index contributed by atoms with van der Waals surface area (Å²) >= 11 is 0. The predicted molar refractivity (Wildman–Crippen MR) is 108 cm³/mol. The van der Waals surface area contributed by atoms with Gasteiger partial charge in [-0.3, -0.25) is 4.90 Å². The van der Waals surface area contributed by atoms with Gasteiger partial charge in [0.1, 0.15) is 0 Å². The molecule has 2 aliphatic rings. The number of halogens is 1. The summed E-state index contributed by atoms with van der Waals surface area (Å²) in [6, 6.07) is 10.8. The molecule has 1 aromatic rings. The fourth-order valence-electron chi connectivity index (χ4n) is 3.91. The minimum Gasteiger partial charge on any atom is -0.317 e. The summed E-state index contributed by atoms with van der Waals surface area (Å²) in [5.41, 5.74) is 1.41. The zero-order chi connectivity index (χ0) is 16.6. The topological polar surface area (TPSA) is 21.8 Å². The van der Waals surface area contributed by atoms with E-state index in [9.17, 15) is 0 Å². The Labute approximate surface area is 160 Å². The van der Waals surface area contributed by atoms with Crippen molar-refractivity contribution in [1.29, 1.82) is 0 Å². The van der Waals surface area contributed by atoms with Gasteiger partial charge in [-0.1, -0.05) is 30.3 Å². The number of hydrogen-bond acceptors (Lipinski definition) is 4. The average Bonchev–Trinajstić information content (AvgIpc) is 2.63. The van der Waals surface area contributed by atoms with Gasteiger partial charge in [0.15, 0.2) is 0 Å². The van der Waals surface area contributed by atoms with Crippen LogP contribution in [0.4, 0.5) is 0 Å². The Morgan fingerprint density at radius 3 is 2.32 bits per heavy atom. The molecule has 0 unspecified atom stereocenters. The lowest BCUT2D eigenvalue weighted by molar-refractivity contribution is 0.103. The van der Waals surface area contributed by atoms with E-state index in [1.165, 1.54) is 70.8 Å².